The third-order valence-electron chi connectivity index (χ3n) is 4.55. The second-order valence-electron chi connectivity index (χ2n) is 6.19. The van der Waals surface area contributed by atoms with Crippen molar-refractivity contribution in [2.75, 3.05) is 21.3 Å². The summed E-state index contributed by atoms with van der Waals surface area (Å²) in [6.45, 7) is 0. The summed E-state index contributed by atoms with van der Waals surface area (Å²) in [7, 11) is 4.71. The van der Waals surface area contributed by atoms with Crippen LogP contribution in [0.3, 0.4) is 0 Å². The molecule has 0 radical (unpaired) electrons. The van der Waals surface area contributed by atoms with Gasteiger partial charge in [-0.25, -0.2) is 0 Å². The minimum atomic E-state index is 0.515. The first-order chi connectivity index (χ1) is 14.2. The average Bonchev–Trinajstić information content (AvgIpc) is 3.45. The Kier molecular flexibility index (Phi) is 4.09. The lowest BCUT2D eigenvalue weighted by atomic mass is 10.1. The summed E-state index contributed by atoms with van der Waals surface area (Å²) >= 11 is 1.41. The molecule has 0 unspecified atom stereocenters. The van der Waals surface area contributed by atoms with Crippen molar-refractivity contribution < 1.29 is 18.6 Å². The largest absolute Gasteiger partial charge is 0.493 e. The summed E-state index contributed by atoms with van der Waals surface area (Å²) in [5, 5.41) is 15.0. The van der Waals surface area contributed by atoms with E-state index >= 15 is 0 Å². The van der Waals surface area contributed by atoms with E-state index in [4.69, 9.17) is 18.6 Å². The van der Waals surface area contributed by atoms with Crippen molar-refractivity contribution >= 4 is 27.3 Å². The number of para-hydroxylation sites is 1. The van der Waals surface area contributed by atoms with Gasteiger partial charge < -0.3 is 18.6 Å². The smallest absolute Gasteiger partial charge is 0.235 e. The number of hydrogen-bond acceptors (Lipinski definition) is 8. The Morgan fingerprint density at radius 2 is 1.69 bits per heavy atom. The fourth-order valence-corrected chi connectivity index (χ4v) is 3.99. The van der Waals surface area contributed by atoms with Crippen molar-refractivity contribution in [1.82, 2.24) is 19.8 Å². The van der Waals surface area contributed by atoms with Crippen molar-refractivity contribution in [3.05, 3.63) is 42.5 Å². The molecule has 0 atom stereocenters. The second-order valence-corrected chi connectivity index (χ2v) is 7.14. The maximum atomic E-state index is 5.93. The van der Waals surface area contributed by atoms with Crippen LogP contribution in [0.5, 0.6) is 17.2 Å². The maximum Gasteiger partial charge on any atom is 0.235 e. The molecule has 0 spiro atoms. The summed E-state index contributed by atoms with van der Waals surface area (Å²) in [4.78, 5) is 0.657. The monoisotopic (exact) mass is 408 g/mol. The van der Waals surface area contributed by atoms with E-state index in [0.717, 1.165) is 21.5 Å². The molecule has 0 aliphatic rings. The number of hydrogen-bond donors (Lipinski definition) is 0. The number of furan rings is 1. The molecule has 29 heavy (non-hydrogen) atoms. The van der Waals surface area contributed by atoms with E-state index in [1.54, 1.807) is 25.8 Å². The molecule has 0 saturated carbocycles. The van der Waals surface area contributed by atoms with Gasteiger partial charge in [0.25, 0.3) is 0 Å². The molecule has 0 bridgehead atoms. The maximum absolute atomic E-state index is 5.93. The van der Waals surface area contributed by atoms with Crippen LogP contribution in [0.25, 0.3) is 38.1 Å². The fraction of sp³-hybridized carbons (Fsp3) is 0.150. The minimum absolute atomic E-state index is 0.515. The van der Waals surface area contributed by atoms with Gasteiger partial charge in [0.2, 0.25) is 10.7 Å². The topological polar surface area (TPSA) is 83.9 Å². The van der Waals surface area contributed by atoms with E-state index in [1.807, 2.05) is 42.5 Å². The van der Waals surface area contributed by atoms with Gasteiger partial charge in [-0.1, -0.05) is 29.5 Å². The summed E-state index contributed by atoms with van der Waals surface area (Å²) in [6.07, 6.45) is 0. The normalized spacial score (nSPS) is 11.3. The van der Waals surface area contributed by atoms with Crippen LogP contribution >= 0.6 is 11.3 Å². The molecule has 0 aliphatic heterocycles. The molecule has 5 aromatic rings. The minimum Gasteiger partial charge on any atom is -0.493 e. The first kappa shape index (κ1) is 17.5. The number of nitrogens with zero attached hydrogens (tertiary/aromatic N) is 4. The van der Waals surface area contributed by atoms with Crippen LogP contribution in [0.15, 0.2) is 46.9 Å². The molecule has 2 aromatic carbocycles. The van der Waals surface area contributed by atoms with Crippen LogP contribution in [-0.2, 0) is 0 Å². The predicted octanol–water partition coefficient (Wildman–Crippen LogP) is 4.29. The van der Waals surface area contributed by atoms with Gasteiger partial charge in [-0.3, -0.25) is 0 Å². The molecule has 0 saturated heterocycles. The van der Waals surface area contributed by atoms with E-state index < -0.39 is 0 Å². The molecule has 8 nitrogen and oxygen atoms in total. The fourth-order valence-electron chi connectivity index (χ4n) is 3.19. The van der Waals surface area contributed by atoms with Crippen LogP contribution in [-0.4, -0.2) is 41.1 Å². The molecule has 5 rings (SSSR count). The Balaban J connectivity index is 1.63. The molecule has 3 aromatic heterocycles. The van der Waals surface area contributed by atoms with E-state index in [0.29, 0.717) is 33.8 Å². The lowest BCUT2D eigenvalue weighted by Crippen LogP contribution is -1.97. The van der Waals surface area contributed by atoms with Crippen molar-refractivity contribution in [1.29, 1.82) is 0 Å². The first-order valence-electron chi connectivity index (χ1n) is 8.73. The predicted molar refractivity (Wildman–Crippen MR) is 109 cm³/mol. The van der Waals surface area contributed by atoms with Gasteiger partial charge in [0.15, 0.2) is 28.1 Å². The number of benzene rings is 2. The lowest BCUT2D eigenvalue weighted by molar-refractivity contribution is 0.324. The van der Waals surface area contributed by atoms with Crippen LogP contribution < -0.4 is 14.2 Å². The van der Waals surface area contributed by atoms with Gasteiger partial charge in [0, 0.05) is 10.9 Å². The number of ether oxygens (including phenoxy) is 3. The number of rotatable bonds is 5. The molecule has 146 valence electrons. The zero-order valence-corrected chi connectivity index (χ0v) is 16.7. The van der Waals surface area contributed by atoms with Gasteiger partial charge in [0.05, 0.1) is 21.3 Å². The molecule has 0 N–H and O–H groups in total. The highest BCUT2D eigenvalue weighted by molar-refractivity contribution is 7.19. The Labute approximate surface area is 169 Å². The van der Waals surface area contributed by atoms with Crippen LogP contribution in [0, 0.1) is 0 Å². The molecule has 0 amide bonds. The van der Waals surface area contributed by atoms with Gasteiger partial charge in [-0.05, 0) is 24.3 Å². The van der Waals surface area contributed by atoms with Gasteiger partial charge in [-0.2, -0.15) is 4.52 Å². The molecular weight excluding hydrogens is 392 g/mol. The highest BCUT2D eigenvalue weighted by Gasteiger charge is 2.20. The number of aromatic nitrogens is 4. The summed E-state index contributed by atoms with van der Waals surface area (Å²) in [5.41, 5.74) is 1.56. The highest BCUT2D eigenvalue weighted by Crippen LogP contribution is 2.41. The standard InChI is InChI=1S/C20H16N4O4S/c1-25-14-9-12(10-15(26-2)17(14)27-3)18-21-22-20-24(18)23-19(29-20)16-8-11-6-4-5-7-13(11)28-16/h4-10H,1-3H3. The average molecular weight is 408 g/mol. The van der Waals surface area contributed by atoms with Gasteiger partial charge in [-0.15, -0.1) is 15.3 Å². The molecule has 0 aliphatic carbocycles. The first-order valence-corrected chi connectivity index (χ1v) is 9.55. The molecular formula is C20H16N4O4S. The zero-order valence-electron chi connectivity index (χ0n) is 15.9. The summed E-state index contributed by atoms with van der Waals surface area (Å²) < 4.78 is 23.9. The van der Waals surface area contributed by atoms with Crippen LogP contribution in [0.1, 0.15) is 0 Å². The lowest BCUT2D eigenvalue weighted by Gasteiger charge is -2.13. The highest BCUT2D eigenvalue weighted by atomic mass is 32.1. The summed E-state index contributed by atoms with van der Waals surface area (Å²) in [6, 6.07) is 13.5. The van der Waals surface area contributed by atoms with Crippen molar-refractivity contribution in [2.45, 2.75) is 0 Å². The third kappa shape index (κ3) is 2.78. The van der Waals surface area contributed by atoms with E-state index in [1.165, 1.54) is 11.3 Å². The van der Waals surface area contributed by atoms with E-state index in [-0.39, 0.29) is 0 Å². The third-order valence-corrected chi connectivity index (χ3v) is 5.46. The number of fused-ring (bicyclic) bond motifs is 2. The van der Waals surface area contributed by atoms with Crippen molar-refractivity contribution in [3.8, 4) is 39.4 Å². The summed E-state index contributed by atoms with van der Waals surface area (Å²) in [5.74, 6) is 2.84. The molecule has 3 heterocycles. The SMILES string of the molecule is COc1cc(-c2nnc3sc(-c4cc5ccccc5o4)nn23)cc(OC)c1OC. The Bertz CT molecular complexity index is 1280. The Morgan fingerprint density at radius 3 is 2.38 bits per heavy atom. The Morgan fingerprint density at radius 1 is 0.931 bits per heavy atom. The second kappa shape index (κ2) is 6.78. The van der Waals surface area contributed by atoms with Crippen molar-refractivity contribution in [3.63, 3.8) is 0 Å². The van der Waals surface area contributed by atoms with Crippen LogP contribution in [0.4, 0.5) is 0 Å². The van der Waals surface area contributed by atoms with Gasteiger partial charge >= 0.3 is 0 Å². The zero-order chi connectivity index (χ0) is 20.0. The Hall–Kier alpha value is -3.59. The van der Waals surface area contributed by atoms with Crippen molar-refractivity contribution in [2.24, 2.45) is 0 Å². The van der Waals surface area contributed by atoms with E-state index in [2.05, 4.69) is 15.3 Å². The molecule has 0 fully saturated rings. The van der Waals surface area contributed by atoms with E-state index in [9.17, 15) is 0 Å². The quantitative estimate of drug-likeness (QED) is 0.429. The number of methoxy groups -OCH3 is 3. The van der Waals surface area contributed by atoms with Gasteiger partial charge in [0.1, 0.15) is 5.58 Å². The molecule has 9 heteroatoms. The van der Waals surface area contributed by atoms with Crippen LogP contribution in [0.2, 0.25) is 0 Å².